The van der Waals surface area contributed by atoms with Gasteiger partial charge >= 0.3 is 5.97 Å². The number of methoxy groups -OCH3 is 1. The van der Waals surface area contributed by atoms with E-state index in [0.717, 1.165) is 11.1 Å². The normalized spacial score (nSPS) is 13.5. The van der Waals surface area contributed by atoms with E-state index in [1.807, 2.05) is 81.4 Å². The van der Waals surface area contributed by atoms with Crippen LogP contribution >= 0.6 is 0 Å². The van der Waals surface area contributed by atoms with Crippen molar-refractivity contribution in [2.75, 3.05) is 7.11 Å². The highest BCUT2D eigenvalue weighted by Crippen LogP contribution is 2.17. The maximum Gasteiger partial charge on any atom is 0.327 e. The summed E-state index contributed by atoms with van der Waals surface area (Å²) in [5.41, 5.74) is 1.39. The van der Waals surface area contributed by atoms with Gasteiger partial charge in [-0.15, -0.1) is 0 Å². The molecule has 2 rings (SSSR count). The second-order valence-corrected chi connectivity index (χ2v) is 7.52. The quantitative estimate of drug-likeness (QED) is 0.737. The highest BCUT2D eigenvalue weighted by Gasteiger charge is 2.30. The van der Waals surface area contributed by atoms with Crippen LogP contribution in [0.15, 0.2) is 60.7 Å². The Morgan fingerprint density at radius 2 is 1.52 bits per heavy atom. The van der Waals surface area contributed by atoms with Gasteiger partial charge in [-0.2, -0.15) is 0 Å². The largest absolute Gasteiger partial charge is 0.468 e. The van der Waals surface area contributed by atoms with E-state index >= 15 is 0 Å². The van der Waals surface area contributed by atoms with E-state index in [-0.39, 0.29) is 11.4 Å². The number of nitrogens with one attached hydrogen (secondary N) is 2. The first kappa shape index (κ1) is 20.6. The molecule has 0 saturated heterocycles. The Kier molecular flexibility index (Phi) is 7.13. The average molecular weight is 368 g/mol. The fraction of sp³-hybridized carbons (Fsp3) is 0.364. The van der Waals surface area contributed by atoms with Crippen molar-refractivity contribution in [2.45, 2.75) is 44.8 Å². The van der Waals surface area contributed by atoms with Crippen molar-refractivity contribution in [1.82, 2.24) is 10.6 Å². The standard InChI is InChI=1S/C22H28N2O3/c1-22(2,3)24-20(25)18(15-16-11-7-5-8-12-16)23-19(21(26)27-4)17-13-9-6-10-14-17/h5-14,18-19,23H,15H2,1-4H3,(H,24,25)/t18?,19-/m0/s1. The van der Waals surface area contributed by atoms with E-state index in [1.54, 1.807) is 0 Å². The van der Waals surface area contributed by atoms with Crippen LogP contribution < -0.4 is 10.6 Å². The number of hydrogen-bond acceptors (Lipinski definition) is 4. The van der Waals surface area contributed by atoms with Crippen LogP contribution in [-0.4, -0.2) is 30.6 Å². The lowest BCUT2D eigenvalue weighted by atomic mass is 10.00. The zero-order valence-electron chi connectivity index (χ0n) is 16.4. The monoisotopic (exact) mass is 368 g/mol. The molecular weight excluding hydrogens is 340 g/mol. The van der Waals surface area contributed by atoms with E-state index < -0.39 is 18.1 Å². The first-order valence-electron chi connectivity index (χ1n) is 9.05. The molecule has 144 valence electrons. The smallest absolute Gasteiger partial charge is 0.327 e. The molecular formula is C22H28N2O3. The first-order valence-corrected chi connectivity index (χ1v) is 9.05. The molecule has 2 N–H and O–H groups in total. The lowest BCUT2D eigenvalue weighted by molar-refractivity contribution is -0.143. The Morgan fingerprint density at radius 1 is 0.963 bits per heavy atom. The zero-order chi connectivity index (χ0) is 19.9. The molecule has 27 heavy (non-hydrogen) atoms. The Labute approximate surface area is 161 Å². The van der Waals surface area contributed by atoms with Gasteiger partial charge in [0.15, 0.2) is 0 Å². The molecule has 0 aliphatic rings. The summed E-state index contributed by atoms with van der Waals surface area (Å²) in [6, 6.07) is 17.7. The van der Waals surface area contributed by atoms with Crippen molar-refractivity contribution in [3.8, 4) is 0 Å². The van der Waals surface area contributed by atoms with Gasteiger partial charge < -0.3 is 10.1 Å². The van der Waals surface area contributed by atoms with Crippen molar-refractivity contribution in [1.29, 1.82) is 0 Å². The Bertz CT molecular complexity index is 739. The van der Waals surface area contributed by atoms with Gasteiger partial charge in [-0.3, -0.25) is 10.1 Å². The van der Waals surface area contributed by atoms with Gasteiger partial charge in [0, 0.05) is 5.54 Å². The van der Waals surface area contributed by atoms with Gasteiger partial charge in [0.2, 0.25) is 5.91 Å². The summed E-state index contributed by atoms with van der Waals surface area (Å²) < 4.78 is 4.97. The summed E-state index contributed by atoms with van der Waals surface area (Å²) in [5, 5.41) is 6.21. The van der Waals surface area contributed by atoms with Crippen LogP contribution in [0.3, 0.4) is 0 Å². The van der Waals surface area contributed by atoms with E-state index in [9.17, 15) is 9.59 Å². The van der Waals surface area contributed by atoms with Gasteiger partial charge in [0.05, 0.1) is 13.2 Å². The van der Waals surface area contributed by atoms with Crippen LogP contribution in [0.25, 0.3) is 0 Å². The lowest BCUT2D eigenvalue weighted by Crippen LogP contribution is -2.53. The number of ether oxygens (including phenoxy) is 1. The Balaban J connectivity index is 2.29. The third-order valence-corrected chi connectivity index (χ3v) is 4.03. The number of carbonyl (C=O) groups is 2. The Morgan fingerprint density at radius 3 is 2.04 bits per heavy atom. The number of amides is 1. The molecule has 0 fully saturated rings. The summed E-state index contributed by atoms with van der Waals surface area (Å²) >= 11 is 0. The van der Waals surface area contributed by atoms with E-state index in [2.05, 4.69) is 10.6 Å². The lowest BCUT2D eigenvalue weighted by Gasteiger charge is -2.28. The van der Waals surface area contributed by atoms with Crippen molar-refractivity contribution < 1.29 is 14.3 Å². The SMILES string of the molecule is COC(=O)[C@@H](NC(Cc1ccccc1)C(=O)NC(C)(C)C)c1ccccc1. The number of hydrogen-bond donors (Lipinski definition) is 2. The second-order valence-electron chi connectivity index (χ2n) is 7.52. The molecule has 0 spiro atoms. The summed E-state index contributed by atoms with van der Waals surface area (Å²) in [6.45, 7) is 5.79. The van der Waals surface area contributed by atoms with Gasteiger partial charge in [-0.25, -0.2) is 4.79 Å². The van der Waals surface area contributed by atoms with E-state index in [4.69, 9.17) is 4.74 Å². The summed E-state index contributed by atoms with van der Waals surface area (Å²) in [7, 11) is 1.35. The van der Waals surface area contributed by atoms with Gasteiger partial charge in [0.1, 0.15) is 6.04 Å². The molecule has 2 aromatic carbocycles. The van der Waals surface area contributed by atoms with Crippen molar-refractivity contribution in [3.05, 3.63) is 71.8 Å². The minimum Gasteiger partial charge on any atom is -0.468 e. The third kappa shape index (κ3) is 6.53. The van der Waals surface area contributed by atoms with Gasteiger partial charge in [-0.05, 0) is 38.3 Å². The topological polar surface area (TPSA) is 67.4 Å². The molecule has 5 heteroatoms. The van der Waals surface area contributed by atoms with Crippen molar-refractivity contribution in [3.63, 3.8) is 0 Å². The van der Waals surface area contributed by atoms with Crippen molar-refractivity contribution in [2.24, 2.45) is 0 Å². The molecule has 1 unspecified atom stereocenters. The summed E-state index contributed by atoms with van der Waals surface area (Å²) in [4.78, 5) is 25.3. The molecule has 0 aromatic heterocycles. The first-order chi connectivity index (χ1) is 12.8. The van der Waals surface area contributed by atoms with Crippen LogP contribution in [0, 0.1) is 0 Å². The second kappa shape index (κ2) is 9.33. The van der Waals surface area contributed by atoms with Crippen LogP contribution in [0.1, 0.15) is 37.9 Å². The number of carbonyl (C=O) groups excluding carboxylic acids is 2. The molecule has 2 aromatic rings. The molecule has 5 nitrogen and oxygen atoms in total. The summed E-state index contributed by atoms with van der Waals surface area (Å²) in [6.07, 6.45) is 0.461. The molecule has 0 bridgehead atoms. The maximum atomic E-state index is 12.9. The predicted octanol–water partition coefficient (Wildman–Crippen LogP) is 3.02. The molecule has 2 atom stereocenters. The highest BCUT2D eigenvalue weighted by atomic mass is 16.5. The predicted molar refractivity (Wildman–Crippen MR) is 106 cm³/mol. The van der Waals surface area contributed by atoms with Gasteiger partial charge in [0.25, 0.3) is 0 Å². The molecule has 0 saturated carbocycles. The summed E-state index contributed by atoms with van der Waals surface area (Å²) in [5.74, 6) is -0.584. The van der Waals surface area contributed by atoms with E-state index in [0.29, 0.717) is 6.42 Å². The van der Waals surface area contributed by atoms with Gasteiger partial charge in [-0.1, -0.05) is 60.7 Å². The number of rotatable bonds is 7. The fourth-order valence-corrected chi connectivity index (χ4v) is 2.80. The maximum absolute atomic E-state index is 12.9. The molecule has 0 heterocycles. The van der Waals surface area contributed by atoms with Crippen LogP contribution in [0.2, 0.25) is 0 Å². The minimum atomic E-state index is -0.726. The van der Waals surface area contributed by atoms with Crippen LogP contribution in [0.4, 0.5) is 0 Å². The average Bonchev–Trinajstić information content (AvgIpc) is 2.64. The van der Waals surface area contributed by atoms with E-state index in [1.165, 1.54) is 7.11 Å². The molecule has 0 aliphatic carbocycles. The minimum absolute atomic E-state index is 0.156. The molecule has 1 amide bonds. The van der Waals surface area contributed by atoms with Crippen LogP contribution in [-0.2, 0) is 20.7 Å². The number of benzene rings is 2. The zero-order valence-corrected chi connectivity index (χ0v) is 16.4. The third-order valence-electron chi connectivity index (χ3n) is 4.03. The van der Waals surface area contributed by atoms with Crippen LogP contribution in [0.5, 0.6) is 0 Å². The Hall–Kier alpha value is -2.66. The highest BCUT2D eigenvalue weighted by molar-refractivity contribution is 5.84. The molecule has 0 aliphatic heterocycles. The number of esters is 1. The fourth-order valence-electron chi connectivity index (χ4n) is 2.80. The van der Waals surface area contributed by atoms with Crippen molar-refractivity contribution >= 4 is 11.9 Å². The molecule has 0 radical (unpaired) electrons.